The van der Waals surface area contributed by atoms with Crippen LogP contribution in [0.3, 0.4) is 0 Å². The summed E-state index contributed by atoms with van der Waals surface area (Å²) in [5.74, 6) is 6.53. The number of benzene rings is 3. The molecule has 0 aliphatic rings. The number of hydrogen-bond acceptors (Lipinski definition) is 3. The van der Waals surface area contributed by atoms with Crippen molar-refractivity contribution in [3.05, 3.63) is 114 Å². The first-order valence-electron chi connectivity index (χ1n) is 20.5. The molecule has 3 aromatic carbocycles. The van der Waals surface area contributed by atoms with Crippen LogP contribution in [-0.4, -0.2) is 23.2 Å². The first-order chi connectivity index (χ1) is 25.6. The van der Waals surface area contributed by atoms with Crippen molar-refractivity contribution in [3.8, 4) is 22.5 Å². The second-order valence-electron chi connectivity index (χ2n) is 13.9. The Hall–Kier alpha value is -2.63. The summed E-state index contributed by atoms with van der Waals surface area (Å²) < 4.78 is 82.7. The van der Waals surface area contributed by atoms with Gasteiger partial charge in [-0.3, -0.25) is 0 Å². The molecule has 0 unspecified atom stereocenters. The van der Waals surface area contributed by atoms with Crippen molar-refractivity contribution in [2.24, 2.45) is 11.3 Å². The van der Waals surface area contributed by atoms with Gasteiger partial charge in [0, 0.05) is 37.9 Å². The van der Waals surface area contributed by atoms with Gasteiger partial charge in [-0.15, -0.1) is 23.8 Å². The fourth-order valence-corrected chi connectivity index (χ4v) is 9.42. The van der Waals surface area contributed by atoms with Gasteiger partial charge < -0.3 is 4.98 Å². The zero-order chi connectivity index (χ0) is 41.8. The molecule has 0 aliphatic heterocycles. The molecule has 3 aromatic heterocycles. The van der Waals surface area contributed by atoms with Crippen molar-refractivity contribution in [2.45, 2.75) is 78.3 Å². The van der Waals surface area contributed by atoms with Gasteiger partial charge in [0.1, 0.15) is 0 Å². The third kappa shape index (κ3) is 9.51. The standard InChI is InChI=1S/C23H22NS.C19H26GeN.Ir/c1-15-8-9-17-18-6-5-7-19(22(18)25-21(17)12-15)20-13-16(10-11-24-20)14-23(2,3)4;1-14(2)11-17-12-19(16-9-7-15(3)8-10-16)21-13-18(17)20(4,5)6;/h5-6,8-13H,14H2,1-4H3;7-9,12-14H,11H2,1-6H3;/q2*-1;/i1D3,14D2;3D3,11D2;. The minimum absolute atomic E-state index is 0. The molecule has 0 N–H and O–H groups in total. The molecule has 0 atom stereocenters. The third-order valence-electron chi connectivity index (χ3n) is 7.21. The summed E-state index contributed by atoms with van der Waals surface area (Å²) in [6.07, 6.45) is 0.481. The first kappa shape index (κ1) is 25.4. The predicted octanol–water partition coefficient (Wildman–Crippen LogP) is 11.4. The van der Waals surface area contributed by atoms with E-state index in [0.717, 1.165) is 30.1 Å². The molecule has 0 saturated carbocycles. The van der Waals surface area contributed by atoms with Crippen molar-refractivity contribution in [1.29, 1.82) is 0 Å². The van der Waals surface area contributed by atoms with Crippen LogP contribution in [-0.2, 0) is 32.9 Å². The van der Waals surface area contributed by atoms with Crippen LogP contribution in [0.15, 0.2) is 79.1 Å². The number of hydrogen-bond donors (Lipinski definition) is 0. The van der Waals surface area contributed by atoms with E-state index in [1.807, 2.05) is 65.1 Å². The SMILES string of the molecule is [2H]C([2H])([2H])c1c[c-]c(-c2cc(C([2H])([2H])C(C)C)[c]([Ge]([CH3])([CH3])[CH3])cn2)cc1.[2H]C([2H])([2H])c1ccc2c(c1)sc1c(-c3cc(C([2H])([2H])C(C)(C)C)ccn3)[c-]ccc12.[Ir]. The summed E-state index contributed by atoms with van der Waals surface area (Å²) in [6.45, 7) is 5.12. The van der Waals surface area contributed by atoms with Gasteiger partial charge in [0.25, 0.3) is 0 Å². The summed E-state index contributed by atoms with van der Waals surface area (Å²) in [5.41, 5.74) is 4.04. The van der Waals surface area contributed by atoms with Gasteiger partial charge in [-0.1, -0.05) is 49.9 Å². The van der Waals surface area contributed by atoms with E-state index < -0.39 is 45.1 Å². The van der Waals surface area contributed by atoms with Crippen LogP contribution < -0.4 is 4.40 Å². The number of rotatable bonds is 6. The molecule has 6 aromatic rings. The molecular formula is C42H48GeIrN2S-2. The molecule has 1 radical (unpaired) electrons. The van der Waals surface area contributed by atoms with E-state index in [1.165, 1.54) is 17.4 Å². The van der Waals surface area contributed by atoms with Gasteiger partial charge in [0.15, 0.2) is 0 Å². The zero-order valence-corrected chi connectivity index (χ0v) is 33.5. The monoisotopic (exact) mass is 889 g/mol. The fraction of sp³-hybridized carbons (Fsp3) is 0.333. The maximum atomic E-state index is 8.60. The van der Waals surface area contributed by atoms with Crippen LogP contribution in [0.25, 0.3) is 42.7 Å². The number of aryl methyl sites for hydroxylation is 2. The predicted molar refractivity (Wildman–Crippen MR) is 204 cm³/mol. The molecule has 6 rings (SSSR count). The molecule has 2 nitrogen and oxygen atoms in total. The molecule has 47 heavy (non-hydrogen) atoms. The van der Waals surface area contributed by atoms with Crippen molar-refractivity contribution >= 4 is 49.2 Å². The fourth-order valence-electron chi connectivity index (χ4n) is 5.22. The second-order valence-corrected chi connectivity index (χ2v) is 25.5. The first-order valence-corrected chi connectivity index (χ1v) is 23.7. The number of aromatic nitrogens is 2. The van der Waals surface area contributed by atoms with Crippen molar-refractivity contribution < 1.29 is 33.8 Å². The normalized spacial score (nSPS) is 16.1. The molecule has 0 fully saturated rings. The maximum Gasteiger partial charge on any atom is 0.0321 e. The van der Waals surface area contributed by atoms with E-state index in [4.69, 9.17) is 13.7 Å². The average Bonchev–Trinajstić information content (AvgIpc) is 3.48. The largest absolute Gasteiger partial charge is 0.305 e. The molecule has 5 heteroatoms. The number of fused-ring (bicyclic) bond motifs is 3. The van der Waals surface area contributed by atoms with Crippen molar-refractivity contribution in [1.82, 2.24) is 9.97 Å². The minimum atomic E-state index is -2.32. The molecule has 0 amide bonds. The van der Waals surface area contributed by atoms with E-state index in [9.17, 15) is 0 Å². The smallest absolute Gasteiger partial charge is 0.0321 e. The summed E-state index contributed by atoms with van der Waals surface area (Å²) in [6, 6.07) is 25.4. The van der Waals surface area contributed by atoms with Gasteiger partial charge in [-0.2, -0.15) is 11.3 Å². The Bertz CT molecular complexity index is 2360. The summed E-state index contributed by atoms with van der Waals surface area (Å²) in [5, 5.41) is 2.02. The van der Waals surface area contributed by atoms with Gasteiger partial charge in [0.2, 0.25) is 0 Å². The van der Waals surface area contributed by atoms with E-state index in [2.05, 4.69) is 39.4 Å². The Morgan fingerprint density at radius 1 is 0.894 bits per heavy atom. The molecule has 0 aliphatic carbocycles. The Morgan fingerprint density at radius 2 is 1.66 bits per heavy atom. The third-order valence-corrected chi connectivity index (χ3v) is 12.6. The summed E-state index contributed by atoms with van der Waals surface area (Å²) >= 11 is -0.800. The van der Waals surface area contributed by atoms with Crippen LogP contribution in [0.4, 0.5) is 0 Å². The van der Waals surface area contributed by atoms with Crippen LogP contribution >= 0.6 is 11.3 Å². The molecule has 0 saturated heterocycles. The molecule has 247 valence electrons. The Morgan fingerprint density at radius 3 is 2.32 bits per heavy atom. The number of pyridine rings is 2. The number of nitrogens with zero attached hydrogens (tertiary/aromatic N) is 2. The van der Waals surface area contributed by atoms with Gasteiger partial charge in [-0.05, 0) is 52.1 Å². The Kier molecular flexibility index (Phi) is 8.25. The van der Waals surface area contributed by atoms with Crippen molar-refractivity contribution in [3.63, 3.8) is 0 Å². The van der Waals surface area contributed by atoms with E-state index >= 15 is 0 Å². The Balaban J connectivity index is 0.000000251. The van der Waals surface area contributed by atoms with Crippen LogP contribution in [0.5, 0.6) is 0 Å². The Labute approximate surface area is 317 Å². The van der Waals surface area contributed by atoms with E-state index in [-0.39, 0.29) is 31.6 Å². The number of thiophene rings is 1. The van der Waals surface area contributed by atoms with E-state index in [0.29, 0.717) is 33.6 Å². The van der Waals surface area contributed by atoms with Crippen molar-refractivity contribution in [2.75, 3.05) is 0 Å². The zero-order valence-electron chi connectivity index (χ0n) is 38.2. The summed E-state index contributed by atoms with van der Waals surface area (Å²) in [7, 11) is 0. The minimum Gasteiger partial charge on any atom is -0.305 e. The van der Waals surface area contributed by atoms with Crippen LogP contribution in [0, 0.1) is 37.2 Å². The molecule has 0 bridgehead atoms. The molecular weight excluding hydrogens is 829 g/mol. The maximum absolute atomic E-state index is 8.60. The van der Waals surface area contributed by atoms with Crippen LogP contribution in [0.2, 0.25) is 17.3 Å². The van der Waals surface area contributed by atoms with E-state index in [1.54, 1.807) is 42.6 Å². The van der Waals surface area contributed by atoms with Gasteiger partial charge >= 0.3 is 139 Å². The topological polar surface area (TPSA) is 25.8 Å². The van der Waals surface area contributed by atoms with Gasteiger partial charge in [-0.25, -0.2) is 0 Å². The van der Waals surface area contributed by atoms with Crippen LogP contribution in [0.1, 0.15) is 70.6 Å². The summed E-state index contributed by atoms with van der Waals surface area (Å²) in [4.78, 5) is 9.05. The second kappa shape index (κ2) is 15.3. The average molecular weight is 888 g/mol. The molecule has 0 spiro atoms. The quantitative estimate of drug-likeness (QED) is 0.123. The molecule has 3 heterocycles. The van der Waals surface area contributed by atoms with Gasteiger partial charge in [0.05, 0.1) is 0 Å².